The minimum absolute atomic E-state index is 0.356. The maximum atomic E-state index is 9.35. The lowest BCUT2D eigenvalue weighted by Crippen LogP contribution is -2.55. The highest BCUT2D eigenvalue weighted by Gasteiger charge is 2.27. The molecule has 1 aliphatic rings. The molecule has 0 bridgehead atoms. The number of nitrogens with one attached hydrogen (secondary N) is 1. The quantitative estimate of drug-likeness (QED) is 0.733. The van der Waals surface area contributed by atoms with Crippen molar-refractivity contribution in [2.45, 2.75) is 77.5 Å². The Morgan fingerprint density at radius 1 is 1.24 bits per heavy atom. The predicted molar refractivity (Wildman–Crippen MR) is 89.3 cm³/mol. The molecule has 1 saturated heterocycles. The lowest BCUT2D eigenvalue weighted by Gasteiger charge is -2.42. The summed E-state index contributed by atoms with van der Waals surface area (Å²) >= 11 is 0. The maximum absolute atomic E-state index is 9.35. The molecule has 122 valence electrons. The molecule has 0 aromatic rings. The van der Waals surface area contributed by atoms with Crippen molar-refractivity contribution in [3.05, 3.63) is 0 Å². The monoisotopic (exact) mass is 294 g/mol. The van der Waals surface area contributed by atoms with Crippen LogP contribution < -0.4 is 5.32 Å². The molecule has 3 unspecified atom stereocenters. The largest absolute Gasteiger partial charge is 0.300 e. The molecule has 1 heterocycles. The summed E-state index contributed by atoms with van der Waals surface area (Å²) in [5.74, 6) is 0. The lowest BCUT2D eigenvalue weighted by molar-refractivity contribution is 0.0589. The van der Waals surface area contributed by atoms with Gasteiger partial charge in [-0.25, -0.2) is 0 Å². The average molecular weight is 294 g/mol. The highest BCUT2D eigenvalue weighted by atomic mass is 15.3. The van der Waals surface area contributed by atoms with Gasteiger partial charge in [0.2, 0.25) is 0 Å². The number of hydrogen-bond donors (Lipinski definition) is 1. The summed E-state index contributed by atoms with van der Waals surface area (Å²) in [5, 5.41) is 12.7. The Balaban J connectivity index is 2.29. The van der Waals surface area contributed by atoms with Crippen LogP contribution in [0.1, 0.15) is 53.9 Å². The van der Waals surface area contributed by atoms with Gasteiger partial charge in [-0.1, -0.05) is 0 Å². The van der Waals surface area contributed by atoms with E-state index in [1.54, 1.807) is 0 Å². The van der Waals surface area contributed by atoms with Crippen LogP contribution in [0.15, 0.2) is 0 Å². The summed E-state index contributed by atoms with van der Waals surface area (Å²) in [6.07, 6.45) is 3.22. The Morgan fingerprint density at radius 2 is 1.81 bits per heavy atom. The molecule has 0 aromatic heterocycles. The molecule has 0 aromatic carbocycles. The van der Waals surface area contributed by atoms with Crippen molar-refractivity contribution < 1.29 is 0 Å². The minimum Gasteiger partial charge on any atom is -0.300 e. The van der Waals surface area contributed by atoms with E-state index in [0.29, 0.717) is 18.1 Å². The molecule has 0 amide bonds. The van der Waals surface area contributed by atoms with Crippen LogP contribution in [-0.4, -0.2) is 60.1 Å². The fourth-order valence-corrected chi connectivity index (χ4v) is 3.31. The fraction of sp³-hybridized carbons (Fsp3) is 0.941. The van der Waals surface area contributed by atoms with Gasteiger partial charge < -0.3 is 4.90 Å². The normalized spacial score (nSPS) is 27.5. The first-order valence-corrected chi connectivity index (χ1v) is 8.40. The van der Waals surface area contributed by atoms with E-state index in [4.69, 9.17) is 0 Å². The summed E-state index contributed by atoms with van der Waals surface area (Å²) in [5.41, 5.74) is -0.378. The number of nitriles is 1. The number of hydrogen-bond acceptors (Lipinski definition) is 4. The second-order valence-corrected chi connectivity index (χ2v) is 7.32. The maximum Gasteiger partial charge on any atom is 0.104 e. The fourth-order valence-electron chi connectivity index (χ4n) is 3.31. The van der Waals surface area contributed by atoms with Crippen molar-refractivity contribution in [2.24, 2.45) is 0 Å². The molecule has 4 nitrogen and oxygen atoms in total. The van der Waals surface area contributed by atoms with Gasteiger partial charge in [-0.2, -0.15) is 5.26 Å². The van der Waals surface area contributed by atoms with Crippen molar-refractivity contribution in [1.29, 1.82) is 5.26 Å². The van der Waals surface area contributed by atoms with Crippen molar-refractivity contribution in [1.82, 2.24) is 15.1 Å². The topological polar surface area (TPSA) is 42.3 Å². The number of nitrogens with zero attached hydrogens (tertiary/aromatic N) is 3. The molecule has 1 rings (SSSR count). The molecule has 4 heteroatoms. The van der Waals surface area contributed by atoms with E-state index < -0.39 is 0 Å². The standard InChI is InChI=1S/C17H34N4/c1-14(2)19-17(5,13-18)9-7-8-10-21-11-15(3)20(6)16(4)12-21/h14-16,19H,7-12H2,1-6H3. The predicted octanol–water partition coefficient (Wildman–Crippen LogP) is 2.46. The number of rotatable bonds is 7. The molecular weight excluding hydrogens is 260 g/mol. The van der Waals surface area contributed by atoms with E-state index >= 15 is 0 Å². The van der Waals surface area contributed by atoms with E-state index in [2.05, 4.69) is 55.9 Å². The van der Waals surface area contributed by atoms with Crippen LogP contribution >= 0.6 is 0 Å². The smallest absolute Gasteiger partial charge is 0.104 e. The summed E-state index contributed by atoms with van der Waals surface area (Å²) in [4.78, 5) is 5.05. The summed E-state index contributed by atoms with van der Waals surface area (Å²) in [6.45, 7) is 14.3. The van der Waals surface area contributed by atoms with Crippen LogP contribution in [0, 0.1) is 11.3 Å². The number of piperazine rings is 1. The second-order valence-electron chi connectivity index (χ2n) is 7.32. The van der Waals surface area contributed by atoms with E-state index in [9.17, 15) is 5.26 Å². The molecule has 0 spiro atoms. The van der Waals surface area contributed by atoms with Crippen LogP contribution in [0.4, 0.5) is 0 Å². The first-order valence-electron chi connectivity index (χ1n) is 8.40. The van der Waals surface area contributed by atoms with Gasteiger partial charge in [-0.15, -0.1) is 0 Å². The van der Waals surface area contributed by atoms with Crippen molar-refractivity contribution >= 4 is 0 Å². The van der Waals surface area contributed by atoms with Crippen LogP contribution in [0.25, 0.3) is 0 Å². The first kappa shape index (κ1) is 18.4. The van der Waals surface area contributed by atoms with Gasteiger partial charge in [-0.3, -0.25) is 10.2 Å². The second kappa shape index (κ2) is 8.12. The summed E-state index contributed by atoms with van der Waals surface area (Å²) in [7, 11) is 2.22. The first-order chi connectivity index (χ1) is 9.77. The molecule has 1 fully saturated rings. The third kappa shape index (κ3) is 5.94. The van der Waals surface area contributed by atoms with Crippen LogP contribution in [0.5, 0.6) is 0 Å². The van der Waals surface area contributed by atoms with E-state index in [1.165, 1.54) is 19.5 Å². The molecule has 21 heavy (non-hydrogen) atoms. The van der Waals surface area contributed by atoms with Crippen LogP contribution in [0.2, 0.25) is 0 Å². The zero-order valence-corrected chi connectivity index (χ0v) is 14.8. The lowest BCUT2D eigenvalue weighted by atomic mass is 9.95. The molecule has 1 aliphatic heterocycles. The van der Waals surface area contributed by atoms with E-state index in [-0.39, 0.29) is 5.54 Å². The van der Waals surface area contributed by atoms with Crippen molar-refractivity contribution in [2.75, 3.05) is 26.7 Å². The molecule has 1 N–H and O–H groups in total. The average Bonchev–Trinajstić information content (AvgIpc) is 2.40. The zero-order valence-electron chi connectivity index (χ0n) is 14.8. The van der Waals surface area contributed by atoms with Gasteiger partial charge in [0.25, 0.3) is 0 Å². The van der Waals surface area contributed by atoms with Crippen LogP contribution in [-0.2, 0) is 0 Å². The minimum atomic E-state index is -0.378. The highest BCUT2D eigenvalue weighted by Crippen LogP contribution is 2.17. The van der Waals surface area contributed by atoms with E-state index in [1.807, 2.05) is 6.92 Å². The highest BCUT2D eigenvalue weighted by molar-refractivity contribution is 5.04. The Morgan fingerprint density at radius 3 is 2.29 bits per heavy atom. The van der Waals surface area contributed by atoms with Gasteiger partial charge >= 0.3 is 0 Å². The summed E-state index contributed by atoms with van der Waals surface area (Å²) in [6, 6.07) is 4.07. The van der Waals surface area contributed by atoms with Gasteiger partial charge in [0.15, 0.2) is 0 Å². The third-order valence-electron chi connectivity index (χ3n) is 4.69. The van der Waals surface area contributed by atoms with Gasteiger partial charge in [0.1, 0.15) is 5.54 Å². The van der Waals surface area contributed by atoms with Crippen molar-refractivity contribution in [3.8, 4) is 6.07 Å². The molecule has 0 radical (unpaired) electrons. The molecule has 0 aliphatic carbocycles. The third-order valence-corrected chi connectivity index (χ3v) is 4.69. The van der Waals surface area contributed by atoms with Gasteiger partial charge in [0, 0.05) is 31.2 Å². The number of unbranched alkanes of at least 4 members (excludes halogenated alkanes) is 1. The van der Waals surface area contributed by atoms with Gasteiger partial charge in [0.05, 0.1) is 6.07 Å². The SMILES string of the molecule is CC(C)NC(C)(C#N)CCCCN1CC(C)N(C)C(C)C1. The Hall–Kier alpha value is -0.630. The number of likely N-dealkylation sites (N-methyl/N-ethyl adjacent to an activating group) is 1. The zero-order chi connectivity index (χ0) is 16.0. The van der Waals surface area contributed by atoms with Crippen LogP contribution in [0.3, 0.4) is 0 Å². The molecule has 0 saturated carbocycles. The van der Waals surface area contributed by atoms with Crippen molar-refractivity contribution in [3.63, 3.8) is 0 Å². The van der Waals surface area contributed by atoms with E-state index in [0.717, 1.165) is 19.4 Å². The Kier molecular flexibility index (Phi) is 7.12. The summed E-state index contributed by atoms with van der Waals surface area (Å²) < 4.78 is 0. The van der Waals surface area contributed by atoms with Gasteiger partial charge in [-0.05, 0) is 67.5 Å². The molecular formula is C17H34N4. The Bertz CT molecular complexity index is 337. The molecule has 3 atom stereocenters. The Labute approximate surface area is 131 Å².